The molecule has 1 heterocycles. The summed E-state index contributed by atoms with van der Waals surface area (Å²) in [7, 11) is 0. The van der Waals surface area contributed by atoms with Gasteiger partial charge in [0.05, 0.1) is 0 Å². The van der Waals surface area contributed by atoms with Gasteiger partial charge in [0.15, 0.2) is 0 Å². The Bertz CT molecular complexity index is 462. The van der Waals surface area contributed by atoms with Crippen molar-refractivity contribution in [2.45, 2.75) is 25.8 Å². The number of hydrogen-bond acceptors (Lipinski definition) is 2. The monoisotopic (exact) mass is 230 g/mol. The Labute approximate surface area is 99.7 Å². The van der Waals surface area contributed by atoms with Crippen molar-refractivity contribution >= 4 is 11.6 Å². The van der Waals surface area contributed by atoms with E-state index in [0.29, 0.717) is 13.0 Å². The fourth-order valence-electron chi connectivity index (χ4n) is 2.01. The van der Waals surface area contributed by atoms with Crippen LogP contribution in [0.3, 0.4) is 0 Å². The first-order valence-electron chi connectivity index (χ1n) is 5.64. The number of piperidine rings is 1. The molecule has 1 unspecified atom stereocenters. The van der Waals surface area contributed by atoms with Gasteiger partial charge in [0.25, 0.3) is 0 Å². The lowest BCUT2D eigenvalue weighted by Crippen LogP contribution is -2.43. The molecule has 5 heteroatoms. The van der Waals surface area contributed by atoms with Gasteiger partial charge in [0, 0.05) is 17.1 Å². The molecule has 0 saturated carbocycles. The first kappa shape index (κ1) is 11.5. The fourth-order valence-corrected chi connectivity index (χ4v) is 2.01. The maximum absolute atomic E-state index is 12.1. The van der Waals surface area contributed by atoms with E-state index in [1.54, 1.807) is 4.90 Å². The minimum atomic E-state index is -0.546. The number of rotatable bonds is 2. The molecule has 0 spiro atoms. The quantitative estimate of drug-likeness (QED) is 0.437. The molecule has 1 atom stereocenters. The molecule has 1 amide bonds. The molecule has 2 rings (SSSR count). The average Bonchev–Trinajstić information content (AvgIpc) is 2.34. The normalized spacial score (nSPS) is 19.9. The lowest BCUT2D eigenvalue weighted by molar-refractivity contribution is -0.120. The van der Waals surface area contributed by atoms with Gasteiger partial charge in [-0.25, -0.2) is 0 Å². The number of carbonyl (C=O) groups is 1. The third-order valence-electron chi connectivity index (χ3n) is 2.95. The summed E-state index contributed by atoms with van der Waals surface area (Å²) in [5.74, 6) is -0.0992. The van der Waals surface area contributed by atoms with Gasteiger partial charge in [-0.2, -0.15) is 0 Å². The lowest BCUT2D eigenvalue weighted by Gasteiger charge is -2.30. The maximum Gasteiger partial charge on any atom is 0.235 e. The van der Waals surface area contributed by atoms with Crippen molar-refractivity contribution in [1.82, 2.24) is 0 Å². The van der Waals surface area contributed by atoms with E-state index in [2.05, 4.69) is 10.0 Å². The number of hydrogen-bond donors (Lipinski definition) is 0. The number of benzene rings is 1. The Kier molecular flexibility index (Phi) is 3.30. The predicted octanol–water partition coefficient (Wildman–Crippen LogP) is 2.80. The van der Waals surface area contributed by atoms with Gasteiger partial charge in [-0.15, -0.1) is 0 Å². The van der Waals surface area contributed by atoms with Gasteiger partial charge in [-0.3, -0.25) is 4.79 Å². The van der Waals surface area contributed by atoms with Crippen molar-refractivity contribution in [3.05, 3.63) is 40.3 Å². The standard InChI is InChI=1S/C12H14N4O/c1-9-4-6-10(7-5-9)16-8-2-3-11(12(16)17)14-15-13/h4-7,11H,2-3,8H2,1H3. The Morgan fingerprint density at radius 3 is 2.76 bits per heavy atom. The van der Waals surface area contributed by atoms with Crippen molar-refractivity contribution in [1.29, 1.82) is 0 Å². The van der Waals surface area contributed by atoms with Crippen LogP contribution in [0.25, 0.3) is 10.4 Å². The van der Waals surface area contributed by atoms with E-state index in [4.69, 9.17) is 5.53 Å². The van der Waals surface area contributed by atoms with Crippen LogP contribution in [0.5, 0.6) is 0 Å². The van der Waals surface area contributed by atoms with Crippen molar-refractivity contribution < 1.29 is 4.79 Å². The van der Waals surface area contributed by atoms with Crippen LogP contribution in [0.1, 0.15) is 18.4 Å². The molecule has 17 heavy (non-hydrogen) atoms. The van der Waals surface area contributed by atoms with E-state index in [-0.39, 0.29) is 5.91 Å². The second-order valence-corrected chi connectivity index (χ2v) is 4.19. The number of carbonyl (C=O) groups excluding carboxylic acids is 1. The summed E-state index contributed by atoms with van der Waals surface area (Å²) in [6.45, 7) is 2.70. The largest absolute Gasteiger partial charge is 0.312 e. The molecule has 5 nitrogen and oxygen atoms in total. The highest BCUT2D eigenvalue weighted by atomic mass is 16.2. The van der Waals surface area contributed by atoms with Crippen molar-refractivity contribution in [2.24, 2.45) is 5.11 Å². The summed E-state index contributed by atoms with van der Waals surface area (Å²) in [5, 5.41) is 3.55. The van der Waals surface area contributed by atoms with Crippen LogP contribution < -0.4 is 4.90 Å². The highest BCUT2D eigenvalue weighted by Crippen LogP contribution is 2.22. The third-order valence-corrected chi connectivity index (χ3v) is 2.95. The minimum absolute atomic E-state index is 0.0992. The van der Waals surface area contributed by atoms with E-state index in [0.717, 1.165) is 17.7 Å². The number of nitrogens with zero attached hydrogens (tertiary/aromatic N) is 4. The molecule has 1 aliphatic heterocycles. The number of aryl methyl sites for hydroxylation is 1. The SMILES string of the molecule is Cc1ccc(N2CCCC(N=[N+]=[N-])C2=O)cc1. The fraction of sp³-hybridized carbons (Fsp3) is 0.417. The predicted molar refractivity (Wildman–Crippen MR) is 65.7 cm³/mol. The zero-order valence-corrected chi connectivity index (χ0v) is 9.71. The summed E-state index contributed by atoms with van der Waals surface area (Å²) in [4.78, 5) is 16.5. The maximum atomic E-state index is 12.1. The summed E-state index contributed by atoms with van der Waals surface area (Å²) >= 11 is 0. The highest BCUT2D eigenvalue weighted by molar-refractivity contribution is 5.98. The molecule has 1 fully saturated rings. The van der Waals surface area contributed by atoms with E-state index in [1.807, 2.05) is 31.2 Å². The molecule has 1 aromatic rings. The lowest BCUT2D eigenvalue weighted by atomic mass is 10.0. The van der Waals surface area contributed by atoms with E-state index < -0.39 is 6.04 Å². The van der Waals surface area contributed by atoms with Crippen LogP contribution in [0.4, 0.5) is 5.69 Å². The zero-order valence-electron chi connectivity index (χ0n) is 9.71. The molecule has 88 valence electrons. The highest BCUT2D eigenvalue weighted by Gasteiger charge is 2.28. The summed E-state index contributed by atoms with van der Waals surface area (Å²) in [6, 6.07) is 7.24. The molecular formula is C12H14N4O. The Morgan fingerprint density at radius 2 is 2.12 bits per heavy atom. The molecule has 1 aliphatic rings. The van der Waals surface area contributed by atoms with Crippen LogP contribution in [0.15, 0.2) is 29.4 Å². The second kappa shape index (κ2) is 4.89. The molecule has 0 aliphatic carbocycles. The molecule has 0 aromatic heterocycles. The first-order valence-corrected chi connectivity index (χ1v) is 5.64. The molecule has 1 aromatic carbocycles. The molecule has 0 radical (unpaired) electrons. The zero-order chi connectivity index (χ0) is 12.3. The van der Waals surface area contributed by atoms with E-state index in [1.165, 1.54) is 0 Å². The van der Waals surface area contributed by atoms with Crippen molar-refractivity contribution in [3.63, 3.8) is 0 Å². The molecular weight excluding hydrogens is 216 g/mol. The van der Waals surface area contributed by atoms with Crippen molar-refractivity contribution in [3.8, 4) is 0 Å². The van der Waals surface area contributed by atoms with Crippen LogP contribution >= 0.6 is 0 Å². The Hall–Kier alpha value is -2.00. The Morgan fingerprint density at radius 1 is 1.41 bits per heavy atom. The van der Waals surface area contributed by atoms with Crippen LogP contribution in [0, 0.1) is 6.92 Å². The van der Waals surface area contributed by atoms with Crippen LogP contribution in [0.2, 0.25) is 0 Å². The summed E-state index contributed by atoms with van der Waals surface area (Å²) in [5.41, 5.74) is 10.4. The van der Waals surface area contributed by atoms with Gasteiger partial charge in [-0.1, -0.05) is 22.8 Å². The van der Waals surface area contributed by atoms with E-state index >= 15 is 0 Å². The number of amides is 1. The van der Waals surface area contributed by atoms with Crippen LogP contribution in [-0.2, 0) is 4.79 Å². The smallest absolute Gasteiger partial charge is 0.235 e. The van der Waals surface area contributed by atoms with Gasteiger partial charge in [-0.05, 0) is 37.4 Å². The third kappa shape index (κ3) is 2.40. The van der Waals surface area contributed by atoms with Gasteiger partial charge >= 0.3 is 0 Å². The van der Waals surface area contributed by atoms with Gasteiger partial charge in [0.2, 0.25) is 5.91 Å². The second-order valence-electron chi connectivity index (χ2n) is 4.19. The number of azide groups is 1. The average molecular weight is 230 g/mol. The minimum Gasteiger partial charge on any atom is -0.312 e. The number of anilines is 1. The van der Waals surface area contributed by atoms with Gasteiger partial charge in [0.1, 0.15) is 6.04 Å². The van der Waals surface area contributed by atoms with Crippen LogP contribution in [-0.4, -0.2) is 18.5 Å². The van der Waals surface area contributed by atoms with Gasteiger partial charge < -0.3 is 4.90 Å². The Balaban J connectivity index is 2.23. The van der Waals surface area contributed by atoms with E-state index in [9.17, 15) is 4.79 Å². The molecule has 0 N–H and O–H groups in total. The summed E-state index contributed by atoms with van der Waals surface area (Å²) < 4.78 is 0. The first-order chi connectivity index (χ1) is 8.22. The molecule has 1 saturated heterocycles. The molecule has 0 bridgehead atoms. The topological polar surface area (TPSA) is 69.1 Å². The van der Waals surface area contributed by atoms with Crippen molar-refractivity contribution in [2.75, 3.05) is 11.4 Å². The summed E-state index contributed by atoms with van der Waals surface area (Å²) in [6.07, 6.45) is 1.51.